The van der Waals surface area contributed by atoms with E-state index in [-0.39, 0.29) is 33.9 Å². The number of nitro groups is 1. The normalized spacial score (nSPS) is 20.2. The monoisotopic (exact) mass is 457 g/mol. The fourth-order valence-corrected chi connectivity index (χ4v) is 5.89. The summed E-state index contributed by atoms with van der Waals surface area (Å²) in [5.74, 6) is 0.186. The third kappa shape index (κ3) is 3.96. The van der Waals surface area contributed by atoms with Crippen molar-refractivity contribution in [3.8, 4) is 5.88 Å². The molecular weight excluding hydrogens is 434 g/mol. The molecular formula is C21H23N5O5S. The molecule has 168 valence electrons. The van der Waals surface area contributed by atoms with E-state index in [9.17, 15) is 23.6 Å². The van der Waals surface area contributed by atoms with Crippen LogP contribution in [0.25, 0.3) is 10.9 Å². The van der Waals surface area contributed by atoms with Gasteiger partial charge < -0.3 is 10.1 Å². The van der Waals surface area contributed by atoms with E-state index in [2.05, 4.69) is 22.1 Å². The fourth-order valence-electron chi connectivity index (χ4n) is 4.09. The van der Waals surface area contributed by atoms with Crippen LogP contribution in [0.3, 0.4) is 0 Å². The van der Waals surface area contributed by atoms with Gasteiger partial charge in [-0.15, -0.1) is 10.2 Å². The molecule has 0 amide bonds. The lowest BCUT2D eigenvalue weighted by Gasteiger charge is -2.35. The van der Waals surface area contributed by atoms with Crippen LogP contribution in [0.2, 0.25) is 0 Å². The summed E-state index contributed by atoms with van der Waals surface area (Å²) in [6.45, 7) is 4.23. The highest BCUT2D eigenvalue weighted by atomic mass is 32.2. The summed E-state index contributed by atoms with van der Waals surface area (Å²) in [4.78, 5) is 13.2. The lowest BCUT2D eigenvalue weighted by atomic mass is 9.95. The standard InChI is InChI=1S/C21H23N5O5S/c1-13-9-10-25(14(2)11-13)32(30,31)19-12-15(26(28)29)7-8-18(19)23-24-20-16-5-3-4-6-17(16)22-21(20)27/h3-8,12-14,22,27H,9-11H2,1-2H3/t13-,14-/m1/s1. The Morgan fingerprint density at radius 3 is 2.66 bits per heavy atom. The number of non-ortho nitro benzene ring substituents is 1. The SMILES string of the molecule is C[C@@H]1CCN(S(=O)(=O)c2cc([N+](=O)[O-])ccc2N=Nc2c(O)[nH]c3ccccc23)[C@H](C)C1. The molecule has 32 heavy (non-hydrogen) atoms. The van der Waals surface area contributed by atoms with Gasteiger partial charge in [-0.2, -0.15) is 4.31 Å². The Kier molecular flexibility index (Phi) is 5.70. The molecule has 2 atom stereocenters. The quantitative estimate of drug-likeness (QED) is 0.315. The molecule has 10 nitrogen and oxygen atoms in total. The first-order valence-corrected chi connectivity index (χ1v) is 11.6. The number of hydrogen-bond donors (Lipinski definition) is 2. The second-order valence-electron chi connectivity index (χ2n) is 8.07. The molecule has 1 aliphatic heterocycles. The second-order valence-corrected chi connectivity index (χ2v) is 9.93. The largest absolute Gasteiger partial charge is 0.493 e. The number of piperidine rings is 1. The highest BCUT2D eigenvalue weighted by Crippen LogP contribution is 2.39. The number of hydrogen-bond acceptors (Lipinski definition) is 7. The van der Waals surface area contributed by atoms with Crippen molar-refractivity contribution < 1.29 is 18.4 Å². The van der Waals surface area contributed by atoms with Crippen LogP contribution in [-0.2, 0) is 10.0 Å². The average Bonchev–Trinajstić information content (AvgIpc) is 3.06. The minimum Gasteiger partial charge on any atom is -0.493 e. The molecule has 0 unspecified atom stereocenters. The van der Waals surface area contributed by atoms with Crippen LogP contribution in [0.1, 0.15) is 26.7 Å². The number of aromatic amines is 1. The van der Waals surface area contributed by atoms with Crippen LogP contribution in [0.5, 0.6) is 5.88 Å². The van der Waals surface area contributed by atoms with Gasteiger partial charge in [0.2, 0.25) is 15.9 Å². The number of rotatable bonds is 5. The predicted octanol–water partition coefficient (Wildman–Crippen LogP) is 5.01. The highest BCUT2D eigenvalue weighted by molar-refractivity contribution is 7.89. The Morgan fingerprint density at radius 2 is 1.94 bits per heavy atom. The van der Waals surface area contributed by atoms with Gasteiger partial charge in [0, 0.05) is 30.1 Å². The zero-order valence-corrected chi connectivity index (χ0v) is 18.4. The molecule has 4 rings (SSSR count). The molecule has 2 aromatic carbocycles. The zero-order chi connectivity index (χ0) is 23.0. The van der Waals surface area contributed by atoms with E-state index in [1.807, 2.05) is 6.92 Å². The van der Waals surface area contributed by atoms with Crippen molar-refractivity contribution >= 4 is 38.0 Å². The number of azo groups is 1. The molecule has 1 saturated heterocycles. The number of nitro benzene ring substituents is 1. The molecule has 0 aliphatic carbocycles. The van der Waals surface area contributed by atoms with Gasteiger partial charge in [0.1, 0.15) is 10.6 Å². The molecule has 0 radical (unpaired) electrons. The average molecular weight is 458 g/mol. The molecule has 2 heterocycles. The minimum absolute atomic E-state index is 0.0360. The summed E-state index contributed by atoms with van der Waals surface area (Å²) in [6, 6.07) is 10.3. The smallest absolute Gasteiger partial charge is 0.270 e. The first-order chi connectivity index (χ1) is 15.2. The fraction of sp³-hybridized carbons (Fsp3) is 0.333. The number of H-pyrrole nitrogens is 1. The Hall–Kier alpha value is -3.31. The summed E-state index contributed by atoms with van der Waals surface area (Å²) in [6.07, 6.45) is 1.41. The molecule has 1 aliphatic rings. The van der Waals surface area contributed by atoms with Gasteiger partial charge in [-0.3, -0.25) is 10.1 Å². The van der Waals surface area contributed by atoms with E-state index in [4.69, 9.17) is 0 Å². The maximum Gasteiger partial charge on any atom is 0.270 e. The highest BCUT2D eigenvalue weighted by Gasteiger charge is 2.35. The number of sulfonamides is 1. The van der Waals surface area contributed by atoms with Crippen molar-refractivity contribution in [1.82, 2.24) is 9.29 Å². The van der Waals surface area contributed by atoms with E-state index in [1.54, 1.807) is 24.3 Å². The summed E-state index contributed by atoms with van der Waals surface area (Å²) in [5.41, 5.74) is 0.413. The Balaban J connectivity index is 1.80. The van der Waals surface area contributed by atoms with Gasteiger partial charge in [0.15, 0.2) is 5.69 Å². The number of aromatic hydroxyl groups is 1. The van der Waals surface area contributed by atoms with E-state index in [0.29, 0.717) is 36.2 Å². The number of nitrogens with zero attached hydrogens (tertiary/aromatic N) is 4. The molecule has 2 N–H and O–H groups in total. The third-order valence-corrected chi connectivity index (χ3v) is 7.78. The van der Waals surface area contributed by atoms with E-state index >= 15 is 0 Å². The van der Waals surface area contributed by atoms with Crippen LogP contribution in [0.4, 0.5) is 17.1 Å². The summed E-state index contributed by atoms with van der Waals surface area (Å²) in [5, 5.41) is 30.3. The minimum atomic E-state index is -4.06. The first kappa shape index (κ1) is 21.9. The van der Waals surface area contributed by atoms with Crippen LogP contribution in [0, 0.1) is 16.0 Å². The van der Waals surface area contributed by atoms with Gasteiger partial charge in [-0.1, -0.05) is 25.1 Å². The third-order valence-electron chi connectivity index (χ3n) is 5.74. The summed E-state index contributed by atoms with van der Waals surface area (Å²) < 4.78 is 28.3. The zero-order valence-electron chi connectivity index (χ0n) is 17.6. The van der Waals surface area contributed by atoms with Gasteiger partial charge in [-0.25, -0.2) is 8.42 Å². The number of para-hydroxylation sites is 1. The lowest BCUT2D eigenvalue weighted by Crippen LogP contribution is -2.44. The first-order valence-electron chi connectivity index (χ1n) is 10.2. The Bertz CT molecular complexity index is 1320. The van der Waals surface area contributed by atoms with Crippen LogP contribution < -0.4 is 0 Å². The molecule has 3 aromatic rings. The van der Waals surface area contributed by atoms with Gasteiger partial charge >= 0.3 is 0 Å². The topological polar surface area (TPSA) is 141 Å². The van der Waals surface area contributed by atoms with E-state index in [1.165, 1.54) is 16.4 Å². The van der Waals surface area contributed by atoms with Gasteiger partial charge in [0.25, 0.3) is 5.69 Å². The molecule has 1 fully saturated rings. The molecule has 0 bridgehead atoms. The molecule has 1 aromatic heterocycles. The van der Waals surface area contributed by atoms with Crippen LogP contribution >= 0.6 is 0 Å². The predicted molar refractivity (Wildman–Crippen MR) is 119 cm³/mol. The second kappa shape index (κ2) is 8.32. The maximum absolute atomic E-state index is 13.5. The van der Waals surface area contributed by atoms with Gasteiger partial charge in [0.05, 0.1) is 10.4 Å². The Labute approximate surface area is 184 Å². The van der Waals surface area contributed by atoms with Crippen molar-refractivity contribution in [2.75, 3.05) is 6.54 Å². The van der Waals surface area contributed by atoms with Crippen molar-refractivity contribution in [2.45, 2.75) is 37.6 Å². The number of benzene rings is 2. The number of fused-ring (bicyclic) bond motifs is 1. The van der Waals surface area contributed by atoms with Crippen molar-refractivity contribution in [3.63, 3.8) is 0 Å². The molecule has 0 spiro atoms. The van der Waals surface area contributed by atoms with Crippen molar-refractivity contribution in [2.24, 2.45) is 16.1 Å². The number of nitrogens with one attached hydrogen (secondary N) is 1. The molecule has 0 saturated carbocycles. The van der Waals surface area contributed by atoms with Crippen molar-refractivity contribution in [3.05, 3.63) is 52.6 Å². The van der Waals surface area contributed by atoms with Gasteiger partial charge in [-0.05, 0) is 37.8 Å². The molecule has 11 heteroatoms. The van der Waals surface area contributed by atoms with Crippen LogP contribution in [-0.4, -0.2) is 40.3 Å². The lowest BCUT2D eigenvalue weighted by molar-refractivity contribution is -0.385. The van der Waals surface area contributed by atoms with E-state index < -0.39 is 14.9 Å². The van der Waals surface area contributed by atoms with Crippen LogP contribution in [0.15, 0.2) is 57.6 Å². The summed E-state index contributed by atoms with van der Waals surface area (Å²) >= 11 is 0. The Morgan fingerprint density at radius 1 is 1.19 bits per heavy atom. The summed E-state index contributed by atoms with van der Waals surface area (Å²) in [7, 11) is -4.06. The maximum atomic E-state index is 13.5. The number of aromatic nitrogens is 1. The van der Waals surface area contributed by atoms with Crippen molar-refractivity contribution in [1.29, 1.82) is 0 Å². The van der Waals surface area contributed by atoms with E-state index in [0.717, 1.165) is 6.07 Å².